The zero-order chi connectivity index (χ0) is 13.7. The van der Waals surface area contributed by atoms with Gasteiger partial charge in [0.05, 0.1) is 13.1 Å². The summed E-state index contributed by atoms with van der Waals surface area (Å²) in [5.74, 6) is 0.216. The van der Waals surface area contributed by atoms with Gasteiger partial charge in [0.15, 0.2) is 0 Å². The number of hydrogen-bond acceptors (Lipinski definition) is 4. The highest BCUT2D eigenvalue weighted by atomic mass is 32.1. The van der Waals surface area contributed by atoms with Crippen molar-refractivity contribution in [3.05, 3.63) is 22.4 Å². The fraction of sp³-hybridized carbons (Fsp3) is 0.643. The molecule has 1 aliphatic rings. The average Bonchev–Trinajstić information content (AvgIpc) is 2.79. The summed E-state index contributed by atoms with van der Waals surface area (Å²) in [5.41, 5.74) is 0. The maximum absolute atomic E-state index is 12.3. The molecule has 4 nitrogen and oxygen atoms in total. The number of nitrogens with one attached hydrogen (secondary N) is 1. The normalized spacial score (nSPS) is 15.5. The number of rotatable bonds is 7. The highest BCUT2D eigenvalue weighted by Crippen LogP contribution is 2.12. The Morgan fingerprint density at radius 3 is 2.84 bits per heavy atom. The van der Waals surface area contributed by atoms with E-state index >= 15 is 0 Å². The van der Waals surface area contributed by atoms with Gasteiger partial charge in [0, 0.05) is 31.1 Å². The molecule has 0 atom stereocenters. The molecule has 0 spiro atoms. The molecule has 0 radical (unpaired) electrons. The summed E-state index contributed by atoms with van der Waals surface area (Å²) in [6, 6.07) is 4.65. The van der Waals surface area contributed by atoms with Crippen LogP contribution in [0, 0.1) is 0 Å². The van der Waals surface area contributed by atoms with Gasteiger partial charge < -0.3 is 10.2 Å². The lowest BCUT2D eigenvalue weighted by molar-refractivity contribution is -0.132. The molecule has 5 heteroatoms. The first-order chi connectivity index (χ1) is 9.20. The predicted octanol–water partition coefficient (Wildman–Crippen LogP) is 1.39. The minimum atomic E-state index is 0.216. The first kappa shape index (κ1) is 14.5. The van der Waals surface area contributed by atoms with Crippen molar-refractivity contribution >= 4 is 17.2 Å². The van der Waals surface area contributed by atoms with E-state index in [9.17, 15) is 4.79 Å². The molecule has 1 N–H and O–H groups in total. The molecule has 1 fully saturated rings. The molecule has 1 saturated heterocycles. The summed E-state index contributed by atoms with van der Waals surface area (Å²) >= 11 is 1.70. The lowest BCUT2D eigenvalue weighted by Crippen LogP contribution is -2.59. The number of carbonyl (C=O) groups excluding carboxylic acids is 1. The quantitative estimate of drug-likeness (QED) is 0.820. The van der Waals surface area contributed by atoms with Gasteiger partial charge in [-0.15, -0.1) is 11.3 Å². The minimum absolute atomic E-state index is 0.216. The Hall–Kier alpha value is -0.910. The van der Waals surface area contributed by atoms with Crippen molar-refractivity contribution < 1.29 is 4.79 Å². The molecular weight excluding hydrogens is 258 g/mol. The van der Waals surface area contributed by atoms with Crippen molar-refractivity contribution in [2.24, 2.45) is 0 Å². The lowest BCUT2D eigenvalue weighted by Gasteiger charge is -2.38. The van der Waals surface area contributed by atoms with Crippen LogP contribution in [0.25, 0.3) is 0 Å². The summed E-state index contributed by atoms with van der Waals surface area (Å²) in [5, 5.41) is 5.33. The van der Waals surface area contributed by atoms with Gasteiger partial charge in [-0.2, -0.15) is 0 Å². The molecule has 0 unspecified atom stereocenters. The van der Waals surface area contributed by atoms with Crippen LogP contribution in [0.4, 0.5) is 0 Å². The Kier molecular flexibility index (Phi) is 5.36. The number of carbonyl (C=O) groups is 1. The Morgan fingerprint density at radius 1 is 1.53 bits per heavy atom. The summed E-state index contributed by atoms with van der Waals surface area (Å²) in [7, 11) is 1.89. The predicted molar refractivity (Wildman–Crippen MR) is 79.3 cm³/mol. The van der Waals surface area contributed by atoms with Crippen LogP contribution in [0.5, 0.6) is 0 Å². The fourth-order valence-corrected chi connectivity index (χ4v) is 2.99. The Labute approximate surface area is 119 Å². The van der Waals surface area contributed by atoms with Crippen LogP contribution in [0.15, 0.2) is 17.5 Å². The second kappa shape index (κ2) is 7.03. The van der Waals surface area contributed by atoms with E-state index in [0.717, 1.165) is 32.6 Å². The van der Waals surface area contributed by atoms with Gasteiger partial charge in [0.2, 0.25) is 5.91 Å². The van der Waals surface area contributed by atoms with Gasteiger partial charge in [-0.1, -0.05) is 13.0 Å². The maximum atomic E-state index is 12.3. The molecule has 0 aliphatic carbocycles. The lowest BCUT2D eigenvalue weighted by atomic mass is 10.1. The van der Waals surface area contributed by atoms with Crippen LogP contribution in [-0.2, 0) is 11.3 Å². The van der Waals surface area contributed by atoms with E-state index in [0.29, 0.717) is 12.6 Å². The molecule has 1 amide bonds. The smallest absolute Gasteiger partial charge is 0.236 e. The summed E-state index contributed by atoms with van der Waals surface area (Å²) in [4.78, 5) is 17.6. The molecule has 1 aromatic rings. The van der Waals surface area contributed by atoms with Crippen LogP contribution >= 0.6 is 11.3 Å². The van der Waals surface area contributed by atoms with Crippen LogP contribution in [0.2, 0.25) is 0 Å². The number of likely N-dealkylation sites (N-methyl/N-ethyl adjacent to an activating group) is 1. The standard InChI is InChI=1S/C14H23N3OS/c1-3-6-17(12-8-15-9-12)11-14(18)16(2)10-13-5-4-7-19-13/h4-5,7,12,15H,3,6,8-11H2,1-2H3. The molecule has 0 aromatic carbocycles. The van der Waals surface area contributed by atoms with Gasteiger partial charge in [0.25, 0.3) is 0 Å². The fourth-order valence-electron chi connectivity index (χ4n) is 2.23. The summed E-state index contributed by atoms with van der Waals surface area (Å²) in [6.45, 7) is 6.47. The molecule has 19 heavy (non-hydrogen) atoms. The van der Waals surface area contributed by atoms with E-state index in [1.165, 1.54) is 4.88 Å². The second-order valence-corrected chi connectivity index (χ2v) is 6.14. The highest BCUT2D eigenvalue weighted by Gasteiger charge is 2.26. The SMILES string of the molecule is CCCN(CC(=O)N(C)Cc1cccs1)C1CNC1. The van der Waals surface area contributed by atoms with E-state index in [1.54, 1.807) is 11.3 Å². The first-order valence-electron chi connectivity index (χ1n) is 6.91. The molecular formula is C14H23N3OS. The van der Waals surface area contributed by atoms with E-state index in [4.69, 9.17) is 0 Å². The van der Waals surface area contributed by atoms with Crippen LogP contribution < -0.4 is 5.32 Å². The molecule has 2 rings (SSSR count). The van der Waals surface area contributed by atoms with E-state index < -0.39 is 0 Å². The third-order valence-electron chi connectivity index (χ3n) is 3.52. The van der Waals surface area contributed by atoms with Crippen molar-refractivity contribution in [1.29, 1.82) is 0 Å². The van der Waals surface area contributed by atoms with Gasteiger partial charge in [-0.05, 0) is 24.4 Å². The van der Waals surface area contributed by atoms with Crippen molar-refractivity contribution in [1.82, 2.24) is 15.1 Å². The molecule has 1 aromatic heterocycles. The summed E-state index contributed by atoms with van der Waals surface area (Å²) in [6.07, 6.45) is 1.10. The highest BCUT2D eigenvalue weighted by molar-refractivity contribution is 7.09. The second-order valence-electron chi connectivity index (χ2n) is 5.11. The first-order valence-corrected chi connectivity index (χ1v) is 7.79. The van der Waals surface area contributed by atoms with Gasteiger partial charge in [-0.25, -0.2) is 0 Å². The van der Waals surface area contributed by atoms with Crippen molar-refractivity contribution in [2.45, 2.75) is 25.9 Å². The number of amides is 1. The molecule has 0 saturated carbocycles. The van der Waals surface area contributed by atoms with E-state index in [-0.39, 0.29) is 5.91 Å². The van der Waals surface area contributed by atoms with E-state index in [1.807, 2.05) is 18.0 Å². The largest absolute Gasteiger partial charge is 0.340 e. The van der Waals surface area contributed by atoms with Crippen molar-refractivity contribution in [3.63, 3.8) is 0 Å². The maximum Gasteiger partial charge on any atom is 0.236 e. The Bertz CT molecular complexity index is 389. The number of nitrogens with zero attached hydrogens (tertiary/aromatic N) is 2. The molecule has 1 aliphatic heterocycles. The summed E-state index contributed by atoms with van der Waals surface area (Å²) < 4.78 is 0. The molecule has 0 bridgehead atoms. The Morgan fingerprint density at radius 2 is 2.32 bits per heavy atom. The van der Waals surface area contributed by atoms with Gasteiger partial charge >= 0.3 is 0 Å². The number of hydrogen-bond donors (Lipinski definition) is 1. The van der Waals surface area contributed by atoms with E-state index in [2.05, 4.69) is 28.6 Å². The number of thiophene rings is 1. The minimum Gasteiger partial charge on any atom is -0.340 e. The van der Waals surface area contributed by atoms with Crippen LogP contribution in [0.1, 0.15) is 18.2 Å². The zero-order valence-electron chi connectivity index (χ0n) is 11.8. The monoisotopic (exact) mass is 281 g/mol. The molecule has 2 heterocycles. The van der Waals surface area contributed by atoms with Crippen molar-refractivity contribution in [2.75, 3.05) is 33.2 Å². The van der Waals surface area contributed by atoms with Gasteiger partial charge in [-0.3, -0.25) is 9.69 Å². The molecule has 106 valence electrons. The third-order valence-corrected chi connectivity index (χ3v) is 4.39. The van der Waals surface area contributed by atoms with Crippen LogP contribution in [0.3, 0.4) is 0 Å². The zero-order valence-corrected chi connectivity index (χ0v) is 12.6. The topological polar surface area (TPSA) is 35.6 Å². The average molecular weight is 281 g/mol. The van der Waals surface area contributed by atoms with Crippen LogP contribution in [-0.4, -0.2) is 55.0 Å². The van der Waals surface area contributed by atoms with Crippen molar-refractivity contribution in [3.8, 4) is 0 Å². The third kappa shape index (κ3) is 4.03. The van der Waals surface area contributed by atoms with Gasteiger partial charge in [0.1, 0.15) is 0 Å². The Balaban J connectivity index is 1.83.